The summed E-state index contributed by atoms with van der Waals surface area (Å²) in [7, 11) is -3.27. The van der Waals surface area contributed by atoms with Gasteiger partial charge in [0.1, 0.15) is 10.9 Å². The Morgan fingerprint density at radius 1 is 1.32 bits per heavy atom. The largest absolute Gasteiger partial charge is 0.360 e. The number of nitrogens with one attached hydrogen (secondary N) is 2. The van der Waals surface area contributed by atoms with Gasteiger partial charge >= 0.3 is 0 Å². The molecule has 2 aliphatic heterocycles. The lowest BCUT2D eigenvalue weighted by Gasteiger charge is -2.43. The minimum absolute atomic E-state index is 0.252. The Hall–Kier alpha value is -1.71. The van der Waals surface area contributed by atoms with Crippen molar-refractivity contribution in [3.05, 3.63) is 30.1 Å². The summed E-state index contributed by atoms with van der Waals surface area (Å²) in [6.45, 7) is 6.16. The molecule has 2 fully saturated rings. The van der Waals surface area contributed by atoms with E-state index in [2.05, 4.69) is 21.4 Å². The van der Waals surface area contributed by atoms with E-state index in [1.807, 2.05) is 31.0 Å². The van der Waals surface area contributed by atoms with E-state index in [0.29, 0.717) is 37.2 Å². The minimum Gasteiger partial charge on any atom is -0.360 e. The lowest BCUT2D eigenvalue weighted by Crippen LogP contribution is -2.62. The zero-order chi connectivity index (χ0) is 19.9. The standard InChI is InChI=1S/C19H27N5O2S2/c1-13(2)22-19(27)23-11-15(12-23)28(25,26)24-8-5-14(6-9-24)17-10-21-18-16(17)4-3-7-20-18/h3-4,7,10,13-15H,5-6,8-9,11-12H2,1-2H3,(H,20,21)(H,22,27). The topological polar surface area (TPSA) is 81.3 Å². The predicted octanol–water partition coefficient (Wildman–Crippen LogP) is 2.04. The van der Waals surface area contributed by atoms with Crippen molar-refractivity contribution in [3.63, 3.8) is 0 Å². The number of rotatable bonds is 4. The summed E-state index contributed by atoms with van der Waals surface area (Å²) in [5.74, 6) is 0.366. The molecule has 2 aliphatic rings. The molecule has 0 spiro atoms. The summed E-state index contributed by atoms with van der Waals surface area (Å²) in [5, 5.41) is 4.61. The zero-order valence-corrected chi connectivity index (χ0v) is 17.9. The highest BCUT2D eigenvalue weighted by atomic mass is 32.2. The van der Waals surface area contributed by atoms with Crippen LogP contribution in [0.25, 0.3) is 11.0 Å². The number of aromatic nitrogens is 2. The number of piperidine rings is 1. The van der Waals surface area contributed by atoms with Gasteiger partial charge in [-0.3, -0.25) is 0 Å². The molecule has 152 valence electrons. The molecule has 2 N–H and O–H groups in total. The van der Waals surface area contributed by atoms with Gasteiger partial charge in [0.15, 0.2) is 5.11 Å². The van der Waals surface area contributed by atoms with Crippen LogP contribution in [0.1, 0.15) is 38.2 Å². The molecule has 0 atom stereocenters. The van der Waals surface area contributed by atoms with Gasteiger partial charge in [-0.05, 0) is 62.5 Å². The van der Waals surface area contributed by atoms with Crippen molar-refractivity contribution in [3.8, 4) is 0 Å². The highest BCUT2D eigenvalue weighted by Gasteiger charge is 2.43. The molecule has 0 radical (unpaired) electrons. The first-order chi connectivity index (χ1) is 13.4. The summed E-state index contributed by atoms with van der Waals surface area (Å²) >= 11 is 5.33. The van der Waals surface area contributed by atoms with Crippen molar-refractivity contribution >= 4 is 38.4 Å². The van der Waals surface area contributed by atoms with Crippen LogP contribution in [-0.2, 0) is 10.0 Å². The summed E-state index contributed by atoms with van der Waals surface area (Å²) in [6.07, 6.45) is 5.48. The molecule has 4 rings (SSSR count). The van der Waals surface area contributed by atoms with Gasteiger partial charge in [-0.25, -0.2) is 17.7 Å². The van der Waals surface area contributed by atoms with E-state index < -0.39 is 10.0 Å². The van der Waals surface area contributed by atoms with Crippen molar-refractivity contribution in [2.24, 2.45) is 0 Å². The number of aromatic amines is 1. The van der Waals surface area contributed by atoms with E-state index in [1.54, 1.807) is 10.5 Å². The second-order valence-electron chi connectivity index (χ2n) is 7.99. The molecule has 9 heteroatoms. The number of likely N-dealkylation sites (tertiary alicyclic amines) is 1. The molecule has 2 saturated heterocycles. The van der Waals surface area contributed by atoms with Crippen molar-refractivity contribution in [2.75, 3.05) is 26.2 Å². The Morgan fingerprint density at radius 3 is 2.71 bits per heavy atom. The van der Waals surface area contributed by atoms with Crippen molar-refractivity contribution in [1.29, 1.82) is 0 Å². The van der Waals surface area contributed by atoms with Crippen molar-refractivity contribution in [2.45, 2.75) is 43.9 Å². The van der Waals surface area contributed by atoms with E-state index in [1.165, 1.54) is 5.56 Å². The highest BCUT2D eigenvalue weighted by molar-refractivity contribution is 7.89. The Kier molecular flexibility index (Phi) is 5.32. The Morgan fingerprint density at radius 2 is 2.04 bits per heavy atom. The Labute approximate surface area is 171 Å². The van der Waals surface area contributed by atoms with Gasteiger partial charge in [0.05, 0.1) is 0 Å². The number of hydrogen-bond donors (Lipinski definition) is 2. The van der Waals surface area contributed by atoms with E-state index >= 15 is 0 Å². The van der Waals surface area contributed by atoms with Gasteiger partial charge in [0.25, 0.3) is 0 Å². The van der Waals surface area contributed by atoms with Gasteiger partial charge in [-0.2, -0.15) is 0 Å². The fourth-order valence-corrected chi connectivity index (χ4v) is 6.34. The Balaban J connectivity index is 1.35. The molecular formula is C19H27N5O2S2. The van der Waals surface area contributed by atoms with Crippen LogP contribution in [0, 0.1) is 0 Å². The van der Waals surface area contributed by atoms with Crippen LogP contribution < -0.4 is 5.32 Å². The van der Waals surface area contributed by atoms with Crippen LogP contribution in [-0.4, -0.2) is 70.2 Å². The summed E-state index contributed by atoms with van der Waals surface area (Å²) in [5.41, 5.74) is 2.15. The van der Waals surface area contributed by atoms with Crippen molar-refractivity contribution in [1.82, 2.24) is 24.5 Å². The highest BCUT2D eigenvalue weighted by Crippen LogP contribution is 2.34. The average Bonchev–Trinajstić information content (AvgIpc) is 3.03. The third kappa shape index (κ3) is 3.62. The quantitative estimate of drug-likeness (QED) is 0.736. The van der Waals surface area contributed by atoms with Gasteiger partial charge < -0.3 is 15.2 Å². The monoisotopic (exact) mass is 421 g/mol. The molecule has 28 heavy (non-hydrogen) atoms. The van der Waals surface area contributed by atoms with Crippen LogP contribution in [0.5, 0.6) is 0 Å². The lowest BCUT2D eigenvalue weighted by molar-refractivity contribution is 0.266. The van der Waals surface area contributed by atoms with Gasteiger partial charge in [0, 0.05) is 50.0 Å². The average molecular weight is 422 g/mol. The summed E-state index contributed by atoms with van der Waals surface area (Å²) in [4.78, 5) is 9.51. The van der Waals surface area contributed by atoms with E-state index in [0.717, 1.165) is 23.9 Å². The zero-order valence-electron chi connectivity index (χ0n) is 16.3. The SMILES string of the molecule is CC(C)NC(=S)N1CC(S(=O)(=O)N2CCC(c3c[nH]c4ncccc34)CC2)C1. The van der Waals surface area contributed by atoms with Crippen LogP contribution >= 0.6 is 12.2 Å². The van der Waals surface area contributed by atoms with E-state index in [4.69, 9.17) is 12.2 Å². The molecule has 0 bridgehead atoms. The summed E-state index contributed by atoms with van der Waals surface area (Å²) < 4.78 is 27.6. The fourth-order valence-electron chi connectivity index (χ4n) is 4.08. The van der Waals surface area contributed by atoms with Crippen LogP contribution in [0.2, 0.25) is 0 Å². The predicted molar refractivity (Wildman–Crippen MR) is 115 cm³/mol. The molecule has 2 aromatic rings. The number of nitrogens with zero attached hydrogens (tertiary/aromatic N) is 3. The smallest absolute Gasteiger partial charge is 0.220 e. The van der Waals surface area contributed by atoms with Crippen LogP contribution in [0.4, 0.5) is 0 Å². The van der Waals surface area contributed by atoms with E-state index in [-0.39, 0.29) is 11.3 Å². The molecular weight excluding hydrogens is 394 g/mol. The number of hydrogen-bond acceptors (Lipinski definition) is 4. The maximum absolute atomic E-state index is 13.0. The summed E-state index contributed by atoms with van der Waals surface area (Å²) in [6, 6.07) is 4.27. The van der Waals surface area contributed by atoms with Crippen molar-refractivity contribution < 1.29 is 8.42 Å². The lowest BCUT2D eigenvalue weighted by atomic mass is 9.90. The van der Waals surface area contributed by atoms with Gasteiger partial charge in [-0.1, -0.05) is 0 Å². The van der Waals surface area contributed by atoms with Gasteiger partial charge in [0.2, 0.25) is 10.0 Å². The molecule has 0 unspecified atom stereocenters. The number of sulfonamides is 1. The molecule has 0 aromatic carbocycles. The number of fused-ring (bicyclic) bond motifs is 1. The van der Waals surface area contributed by atoms with Crippen LogP contribution in [0.3, 0.4) is 0 Å². The third-order valence-corrected chi connectivity index (χ3v) is 8.31. The number of thiocarbonyl (C=S) groups is 1. The number of pyridine rings is 1. The maximum atomic E-state index is 13.0. The second kappa shape index (κ2) is 7.61. The molecule has 2 aromatic heterocycles. The number of H-pyrrole nitrogens is 1. The second-order valence-corrected chi connectivity index (χ2v) is 10.6. The first-order valence-corrected chi connectivity index (χ1v) is 11.7. The third-order valence-electron chi connectivity index (χ3n) is 5.71. The molecule has 7 nitrogen and oxygen atoms in total. The Bertz CT molecular complexity index is 958. The first kappa shape index (κ1) is 19.6. The molecule has 0 amide bonds. The minimum atomic E-state index is -3.27. The van der Waals surface area contributed by atoms with Gasteiger partial charge in [-0.15, -0.1) is 0 Å². The maximum Gasteiger partial charge on any atom is 0.220 e. The molecule has 0 aliphatic carbocycles. The van der Waals surface area contributed by atoms with Crippen LogP contribution in [0.15, 0.2) is 24.5 Å². The normalized spacial score (nSPS) is 19.9. The first-order valence-electron chi connectivity index (χ1n) is 9.82. The molecule has 0 saturated carbocycles. The molecule has 4 heterocycles. The van der Waals surface area contributed by atoms with E-state index in [9.17, 15) is 8.42 Å². The fraction of sp³-hybridized carbons (Fsp3) is 0.579.